The quantitative estimate of drug-likeness (QED) is 0.797. The van der Waals surface area contributed by atoms with Gasteiger partial charge in [0.15, 0.2) is 0 Å². The standard InChI is InChI=1S/C13H21N3/c1-3-11(8-14-4-2)7-13-9-15-10-16(13)12-5-6-12/h7,9-10,12,14H,3-6,8H2,1-2H3. The fraction of sp³-hybridized carbons (Fsp3) is 0.615. The lowest BCUT2D eigenvalue weighted by molar-refractivity contribution is 0.729. The second-order valence-corrected chi connectivity index (χ2v) is 4.39. The number of hydrogen-bond donors (Lipinski definition) is 1. The second kappa shape index (κ2) is 5.30. The van der Waals surface area contributed by atoms with Gasteiger partial charge in [0.05, 0.1) is 18.2 Å². The zero-order valence-electron chi connectivity index (χ0n) is 10.2. The highest BCUT2D eigenvalue weighted by Gasteiger charge is 2.24. The van der Waals surface area contributed by atoms with Crippen LogP contribution in [-0.4, -0.2) is 22.6 Å². The first-order valence-electron chi connectivity index (χ1n) is 6.27. The zero-order valence-corrected chi connectivity index (χ0v) is 10.2. The molecule has 0 saturated heterocycles. The molecule has 2 rings (SSSR count). The Morgan fingerprint density at radius 1 is 1.56 bits per heavy atom. The van der Waals surface area contributed by atoms with E-state index in [1.54, 1.807) is 0 Å². The minimum atomic E-state index is 0.714. The molecule has 1 aliphatic rings. The van der Waals surface area contributed by atoms with Crippen LogP contribution in [0.1, 0.15) is 44.8 Å². The number of aromatic nitrogens is 2. The lowest BCUT2D eigenvalue weighted by Crippen LogP contribution is -2.15. The third-order valence-corrected chi connectivity index (χ3v) is 3.04. The molecular weight excluding hydrogens is 198 g/mol. The van der Waals surface area contributed by atoms with E-state index in [1.165, 1.54) is 24.1 Å². The van der Waals surface area contributed by atoms with E-state index in [9.17, 15) is 0 Å². The minimum Gasteiger partial charge on any atom is -0.328 e. The van der Waals surface area contributed by atoms with Crippen molar-refractivity contribution in [1.82, 2.24) is 14.9 Å². The summed E-state index contributed by atoms with van der Waals surface area (Å²) in [5, 5.41) is 3.38. The molecule has 1 heterocycles. The van der Waals surface area contributed by atoms with Gasteiger partial charge in [-0.25, -0.2) is 4.98 Å². The summed E-state index contributed by atoms with van der Waals surface area (Å²) < 4.78 is 2.31. The average Bonchev–Trinajstić information content (AvgIpc) is 3.05. The Balaban J connectivity index is 2.09. The molecule has 16 heavy (non-hydrogen) atoms. The SMILES string of the molecule is CCNCC(=Cc1cncn1C1CC1)CC. The van der Waals surface area contributed by atoms with Crippen molar-refractivity contribution in [3.8, 4) is 0 Å². The number of likely N-dealkylation sites (N-methyl/N-ethyl adjacent to an activating group) is 1. The van der Waals surface area contributed by atoms with Crippen molar-refractivity contribution >= 4 is 6.08 Å². The molecule has 1 N–H and O–H groups in total. The van der Waals surface area contributed by atoms with Gasteiger partial charge in [0.1, 0.15) is 0 Å². The third kappa shape index (κ3) is 2.73. The molecule has 1 saturated carbocycles. The molecule has 3 heteroatoms. The van der Waals surface area contributed by atoms with Crippen LogP contribution < -0.4 is 5.32 Å². The van der Waals surface area contributed by atoms with E-state index in [4.69, 9.17) is 0 Å². The highest BCUT2D eigenvalue weighted by atomic mass is 15.1. The van der Waals surface area contributed by atoms with Crippen LogP contribution in [0.5, 0.6) is 0 Å². The van der Waals surface area contributed by atoms with Crippen LogP contribution in [0.15, 0.2) is 18.1 Å². The van der Waals surface area contributed by atoms with Crippen molar-refractivity contribution in [3.63, 3.8) is 0 Å². The Labute approximate surface area is 97.6 Å². The van der Waals surface area contributed by atoms with Gasteiger partial charge in [-0.2, -0.15) is 0 Å². The summed E-state index contributed by atoms with van der Waals surface area (Å²) in [5.74, 6) is 0. The molecular formula is C13H21N3. The van der Waals surface area contributed by atoms with E-state index in [0.717, 1.165) is 19.5 Å². The molecule has 1 aromatic heterocycles. The molecule has 3 nitrogen and oxygen atoms in total. The molecule has 1 fully saturated rings. The third-order valence-electron chi connectivity index (χ3n) is 3.04. The summed E-state index contributed by atoms with van der Waals surface area (Å²) in [7, 11) is 0. The van der Waals surface area contributed by atoms with Crippen LogP contribution in [-0.2, 0) is 0 Å². The van der Waals surface area contributed by atoms with Gasteiger partial charge >= 0.3 is 0 Å². The van der Waals surface area contributed by atoms with Gasteiger partial charge in [-0.05, 0) is 31.9 Å². The first-order chi connectivity index (χ1) is 7.85. The highest BCUT2D eigenvalue weighted by Crippen LogP contribution is 2.36. The molecule has 0 atom stereocenters. The van der Waals surface area contributed by atoms with Crippen molar-refractivity contribution in [2.24, 2.45) is 0 Å². The molecule has 0 unspecified atom stereocenters. The maximum absolute atomic E-state index is 4.25. The zero-order chi connectivity index (χ0) is 11.4. The van der Waals surface area contributed by atoms with Crippen LogP contribution >= 0.6 is 0 Å². The topological polar surface area (TPSA) is 29.9 Å². The predicted molar refractivity (Wildman–Crippen MR) is 67.3 cm³/mol. The van der Waals surface area contributed by atoms with E-state index in [0.29, 0.717) is 6.04 Å². The molecule has 0 amide bonds. The molecule has 0 aliphatic heterocycles. The normalized spacial score (nSPS) is 16.8. The van der Waals surface area contributed by atoms with Crippen molar-refractivity contribution < 1.29 is 0 Å². The van der Waals surface area contributed by atoms with E-state index in [1.807, 2.05) is 12.5 Å². The maximum Gasteiger partial charge on any atom is 0.0953 e. The van der Waals surface area contributed by atoms with Crippen molar-refractivity contribution in [1.29, 1.82) is 0 Å². The smallest absolute Gasteiger partial charge is 0.0953 e. The van der Waals surface area contributed by atoms with Gasteiger partial charge in [0, 0.05) is 12.6 Å². The van der Waals surface area contributed by atoms with Gasteiger partial charge in [-0.15, -0.1) is 0 Å². The fourth-order valence-corrected chi connectivity index (χ4v) is 1.86. The molecule has 88 valence electrons. The van der Waals surface area contributed by atoms with Crippen LogP contribution in [0.2, 0.25) is 0 Å². The van der Waals surface area contributed by atoms with Gasteiger partial charge in [0.25, 0.3) is 0 Å². The summed E-state index contributed by atoms with van der Waals surface area (Å²) in [5.41, 5.74) is 2.71. The summed E-state index contributed by atoms with van der Waals surface area (Å²) in [6, 6.07) is 0.714. The summed E-state index contributed by atoms with van der Waals surface area (Å²) >= 11 is 0. The first-order valence-corrected chi connectivity index (χ1v) is 6.27. The van der Waals surface area contributed by atoms with Gasteiger partial charge < -0.3 is 9.88 Å². The Morgan fingerprint density at radius 3 is 3.00 bits per heavy atom. The Bertz CT molecular complexity index is 361. The van der Waals surface area contributed by atoms with Crippen LogP contribution in [0.4, 0.5) is 0 Å². The van der Waals surface area contributed by atoms with Crippen molar-refractivity contribution in [3.05, 3.63) is 23.8 Å². The van der Waals surface area contributed by atoms with E-state index < -0.39 is 0 Å². The summed E-state index contributed by atoms with van der Waals surface area (Å²) in [4.78, 5) is 4.25. The average molecular weight is 219 g/mol. The minimum absolute atomic E-state index is 0.714. The highest BCUT2D eigenvalue weighted by molar-refractivity contribution is 5.49. The van der Waals surface area contributed by atoms with Crippen LogP contribution in [0.25, 0.3) is 6.08 Å². The number of hydrogen-bond acceptors (Lipinski definition) is 2. The van der Waals surface area contributed by atoms with Gasteiger partial charge in [-0.1, -0.05) is 19.4 Å². The van der Waals surface area contributed by atoms with Gasteiger partial charge in [-0.3, -0.25) is 0 Å². The van der Waals surface area contributed by atoms with E-state index in [2.05, 4.69) is 34.8 Å². The van der Waals surface area contributed by atoms with Gasteiger partial charge in [0.2, 0.25) is 0 Å². The second-order valence-electron chi connectivity index (χ2n) is 4.39. The molecule has 0 aromatic carbocycles. The lowest BCUT2D eigenvalue weighted by atomic mass is 10.1. The maximum atomic E-state index is 4.25. The van der Waals surface area contributed by atoms with E-state index >= 15 is 0 Å². The Kier molecular flexibility index (Phi) is 3.78. The number of rotatable bonds is 6. The lowest BCUT2D eigenvalue weighted by Gasteiger charge is -2.07. The Morgan fingerprint density at radius 2 is 2.38 bits per heavy atom. The van der Waals surface area contributed by atoms with Crippen molar-refractivity contribution in [2.45, 2.75) is 39.2 Å². The summed E-state index contributed by atoms with van der Waals surface area (Å²) in [6.45, 7) is 6.37. The molecule has 1 aliphatic carbocycles. The van der Waals surface area contributed by atoms with Crippen LogP contribution in [0, 0.1) is 0 Å². The number of imidazole rings is 1. The monoisotopic (exact) mass is 219 g/mol. The molecule has 0 radical (unpaired) electrons. The van der Waals surface area contributed by atoms with Crippen molar-refractivity contribution in [2.75, 3.05) is 13.1 Å². The first kappa shape index (κ1) is 11.4. The van der Waals surface area contributed by atoms with Crippen LogP contribution in [0.3, 0.4) is 0 Å². The predicted octanol–water partition coefficient (Wildman–Crippen LogP) is 2.62. The fourth-order valence-electron chi connectivity index (χ4n) is 1.86. The van der Waals surface area contributed by atoms with E-state index in [-0.39, 0.29) is 0 Å². The molecule has 1 aromatic rings. The number of nitrogens with one attached hydrogen (secondary N) is 1. The summed E-state index contributed by atoms with van der Waals surface area (Å²) in [6.07, 6.45) is 9.94. The molecule has 0 spiro atoms. The molecule has 0 bridgehead atoms. The number of nitrogens with zero attached hydrogens (tertiary/aromatic N) is 2. The largest absolute Gasteiger partial charge is 0.328 e. The Hall–Kier alpha value is -1.09.